The maximum atomic E-state index is 13.5. The zero-order valence-electron chi connectivity index (χ0n) is 14.0. The number of halogens is 1. The number of sulfonamides is 1. The normalized spacial score (nSPS) is 12.3. The Morgan fingerprint density at radius 3 is 2.24 bits per heavy atom. The molecule has 8 heteroatoms. The lowest BCUT2D eigenvalue weighted by Gasteiger charge is -2.11. The molecule has 0 fully saturated rings. The Hall–Kier alpha value is -2.58. The highest BCUT2D eigenvalue weighted by atomic mass is 32.2. The summed E-state index contributed by atoms with van der Waals surface area (Å²) in [6.45, 7) is 1.65. The number of hydrogen-bond donors (Lipinski definition) is 1. The van der Waals surface area contributed by atoms with Crippen molar-refractivity contribution in [2.24, 2.45) is 5.10 Å². The fourth-order valence-electron chi connectivity index (χ4n) is 1.98. The van der Waals surface area contributed by atoms with E-state index < -0.39 is 21.7 Å². The quantitative estimate of drug-likeness (QED) is 0.654. The molecular weight excluding hydrogens is 345 g/mol. The highest BCUT2D eigenvalue weighted by Crippen LogP contribution is 2.14. The number of carbonyl (C=O) groups is 1. The zero-order valence-corrected chi connectivity index (χ0v) is 14.8. The molecule has 0 bridgehead atoms. The molecule has 0 aromatic heterocycles. The molecule has 0 unspecified atom stereocenters. The van der Waals surface area contributed by atoms with Gasteiger partial charge in [-0.05, 0) is 36.8 Å². The van der Waals surface area contributed by atoms with E-state index in [2.05, 4.69) is 10.5 Å². The summed E-state index contributed by atoms with van der Waals surface area (Å²) < 4.78 is 38.7. The number of rotatable bonds is 5. The van der Waals surface area contributed by atoms with Crippen LogP contribution < -0.4 is 5.43 Å². The van der Waals surface area contributed by atoms with Gasteiger partial charge in [-0.1, -0.05) is 24.3 Å². The number of hydrogen-bond acceptors (Lipinski definition) is 4. The predicted molar refractivity (Wildman–Crippen MR) is 93.4 cm³/mol. The van der Waals surface area contributed by atoms with Crippen molar-refractivity contribution in [1.29, 1.82) is 0 Å². The van der Waals surface area contributed by atoms with Gasteiger partial charge in [-0.2, -0.15) is 5.10 Å². The fourth-order valence-corrected chi connectivity index (χ4v) is 2.89. The van der Waals surface area contributed by atoms with Crippen molar-refractivity contribution in [1.82, 2.24) is 9.73 Å². The van der Waals surface area contributed by atoms with E-state index in [4.69, 9.17) is 0 Å². The first-order valence-electron chi connectivity index (χ1n) is 7.35. The van der Waals surface area contributed by atoms with E-state index >= 15 is 0 Å². The zero-order chi connectivity index (χ0) is 18.6. The molecule has 25 heavy (non-hydrogen) atoms. The Morgan fingerprint density at radius 1 is 1.08 bits per heavy atom. The van der Waals surface area contributed by atoms with Crippen LogP contribution in [-0.2, 0) is 10.0 Å². The predicted octanol–water partition coefficient (Wildman–Crippen LogP) is 2.23. The molecule has 0 aliphatic carbocycles. The average Bonchev–Trinajstić information content (AvgIpc) is 2.59. The molecule has 2 aromatic rings. The molecule has 0 aliphatic heterocycles. The van der Waals surface area contributed by atoms with Crippen molar-refractivity contribution in [3.8, 4) is 0 Å². The minimum atomic E-state index is -3.50. The fraction of sp³-hybridized carbons (Fsp3) is 0.176. The Kier molecular flexibility index (Phi) is 5.66. The molecule has 1 N–H and O–H groups in total. The van der Waals surface area contributed by atoms with Crippen molar-refractivity contribution >= 4 is 21.6 Å². The van der Waals surface area contributed by atoms with E-state index in [1.165, 1.54) is 44.4 Å². The van der Waals surface area contributed by atoms with Crippen LogP contribution in [0.2, 0.25) is 0 Å². The summed E-state index contributed by atoms with van der Waals surface area (Å²) in [7, 11) is -0.599. The van der Waals surface area contributed by atoms with Crippen LogP contribution in [0.4, 0.5) is 4.39 Å². The number of hydrazone groups is 1. The van der Waals surface area contributed by atoms with Gasteiger partial charge < -0.3 is 0 Å². The van der Waals surface area contributed by atoms with E-state index in [0.29, 0.717) is 11.3 Å². The van der Waals surface area contributed by atoms with Crippen LogP contribution in [0, 0.1) is 5.82 Å². The van der Waals surface area contributed by atoms with E-state index in [0.717, 1.165) is 4.31 Å². The Bertz CT molecular complexity index is 907. The SMILES string of the molecule is C/C(=N/NC(=O)c1ccccc1F)c1ccc(S(=O)(=O)N(C)C)cc1. The van der Waals surface area contributed by atoms with Gasteiger partial charge in [-0.15, -0.1) is 0 Å². The lowest BCUT2D eigenvalue weighted by Crippen LogP contribution is -2.22. The second-order valence-corrected chi connectivity index (χ2v) is 7.58. The second kappa shape index (κ2) is 7.54. The number of nitrogens with zero attached hydrogens (tertiary/aromatic N) is 2. The van der Waals surface area contributed by atoms with Gasteiger partial charge in [0.1, 0.15) is 5.82 Å². The second-order valence-electron chi connectivity index (χ2n) is 5.43. The largest absolute Gasteiger partial charge is 0.274 e. The number of carbonyl (C=O) groups excluding carboxylic acids is 1. The molecule has 0 aliphatic rings. The molecule has 132 valence electrons. The molecule has 2 aromatic carbocycles. The third-order valence-corrected chi connectivity index (χ3v) is 5.32. The summed E-state index contributed by atoms with van der Waals surface area (Å²) in [6.07, 6.45) is 0. The summed E-state index contributed by atoms with van der Waals surface area (Å²) in [5.74, 6) is -1.30. The molecule has 0 heterocycles. The highest BCUT2D eigenvalue weighted by molar-refractivity contribution is 7.89. The molecule has 1 amide bonds. The molecule has 0 saturated heterocycles. The number of nitrogens with one attached hydrogen (secondary N) is 1. The first-order chi connectivity index (χ1) is 11.7. The monoisotopic (exact) mass is 363 g/mol. The molecule has 6 nitrogen and oxygen atoms in total. The van der Waals surface area contributed by atoms with Crippen LogP contribution in [0.25, 0.3) is 0 Å². The van der Waals surface area contributed by atoms with Crippen molar-refractivity contribution in [3.63, 3.8) is 0 Å². The first kappa shape index (κ1) is 18.8. The van der Waals surface area contributed by atoms with Crippen molar-refractivity contribution in [2.45, 2.75) is 11.8 Å². The summed E-state index contributed by atoms with van der Waals surface area (Å²) in [6, 6.07) is 11.7. The maximum Gasteiger partial charge on any atom is 0.274 e. The minimum Gasteiger partial charge on any atom is -0.267 e. The standard InChI is InChI=1S/C17H18FN3O3S/c1-12(19-20-17(22)15-6-4-5-7-16(15)18)13-8-10-14(11-9-13)25(23,24)21(2)3/h4-11H,1-3H3,(H,20,22)/b19-12-. The summed E-state index contributed by atoms with van der Waals surface area (Å²) in [5.41, 5.74) is 3.27. The van der Waals surface area contributed by atoms with E-state index in [1.807, 2.05) is 0 Å². The van der Waals surface area contributed by atoms with Gasteiger partial charge in [0.25, 0.3) is 5.91 Å². The Balaban J connectivity index is 2.15. The van der Waals surface area contributed by atoms with Crippen molar-refractivity contribution in [3.05, 3.63) is 65.5 Å². The Morgan fingerprint density at radius 2 is 1.68 bits per heavy atom. The lowest BCUT2D eigenvalue weighted by atomic mass is 10.1. The lowest BCUT2D eigenvalue weighted by molar-refractivity contribution is 0.0951. The highest BCUT2D eigenvalue weighted by Gasteiger charge is 2.17. The van der Waals surface area contributed by atoms with Gasteiger partial charge in [0.2, 0.25) is 10.0 Å². The van der Waals surface area contributed by atoms with Gasteiger partial charge in [0.05, 0.1) is 16.2 Å². The summed E-state index contributed by atoms with van der Waals surface area (Å²) >= 11 is 0. The summed E-state index contributed by atoms with van der Waals surface area (Å²) in [5, 5.41) is 3.93. The van der Waals surface area contributed by atoms with Crippen LogP contribution >= 0.6 is 0 Å². The van der Waals surface area contributed by atoms with Crippen LogP contribution in [0.3, 0.4) is 0 Å². The first-order valence-corrected chi connectivity index (χ1v) is 8.79. The van der Waals surface area contributed by atoms with Crippen LogP contribution in [0.1, 0.15) is 22.8 Å². The van der Waals surface area contributed by atoms with Gasteiger partial charge in [-0.25, -0.2) is 22.5 Å². The summed E-state index contributed by atoms with van der Waals surface area (Å²) in [4.78, 5) is 12.1. The molecule has 0 saturated carbocycles. The minimum absolute atomic E-state index is 0.105. The number of benzene rings is 2. The van der Waals surface area contributed by atoms with Gasteiger partial charge >= 0.3 is 0 Å². The van der Waals surface area contributed by atoms with E-state index in [9.17, 15) is 17.6 Å². The molecule has 0 spiro atoms. The number of amides is 1. The van der Waals surface area contributed by atoms with Crippen LogP contribution in [0.15, 0.2) is 58.5 Å². The van der Waals surface area contributed by atoms with Crippen LogP contribution in [-0.4, -0.2) is 38.4 Å². The van der Waals surface area contributed by atoms with E-state index in [1.54, 1.807) is 25.1 Å². The Labute approximate surface area is 146 Å². The van der Waals surface area contributed by atoms with Gasteiger partial charge in [0.15, 0.2) is 0 Å². The molecule has 0 radical (unpaired) electrons. The van der Waals surface area contributed by atoms with E-state index in [-0.39, 0.29) is 10.5 Å². The van der Waals surface area contributed by atoms with Gasteiger partial charge in [-0.3, -0.25) is 4.79 Å². The molecule has 0 atom stereocenters. The van der Waals surface area contributed by atoms with Crippen molar-refractivity contribution in [2.75, 3.05) is 14.1 Å². The van der Waals surface area contributed by atoms with Crippen molar-refractivity contribution < 1.29 is 17.6 Å². The average molecular weight is 363 g/mol. The maximum absolute atomic E-state index is 13.5. The van der Waals surface area contributed by atoms with Gasteiger partial charge in [0, 0.05) is 14.1 Å². The topological polar surface area (TPSA) is 78.8 Å². The smallest absolute Gasteiger partial charge is 0.267 e. The molecular formula is C17H18FN3O3S. The third kappa shape index (κ3) is 4.28. The molecule has 2 rings (SSSR count). The van der Waals surface area contributed by atoms with Crippen LogP contribution in [0.5, 0.6) is 0 Å². The third-order valence-electron chi connectivity index (χ3n) is 3.49.